The quantitative estimate of drug-likeness (QED) is 0.634. The van der Waals surface area contributed by atoms with Crippen molar-refractivity contribution in [2.45, 2.75) is 24.3 Å². The molecule has 2 heterocycles. The van der Waals surface area contributed by atoms with Crippen molar-refractivity contribution in [2.24, 2.45) is 0 Å². The zero-order valence-corrected chi connectivity index (χ0v) is 18.5. The molecule has 2 aromatic carbocycles. The highest BCUT2D eigenvalue weighted by Gasteiger charge is 2.26. The Kier molecular flexibility index (Phi) is 5.88. The normalized spacial score (nSPS) is 13.5. The van der Waals surface area contributed by atoms with E-state index in [0.29, 0.717) is 17.8 Å². The van der Waals surface area contributed by atoms with Crippen LogP contribution in [0.25, 0.3) is 5.69 Å². The number of halogens is 1. The fraction of sp³-hybridized carbons (Fsp3) is 0.273. The molecule has 0 fully saturated rings. The number of amides is 2. The number of carbonyl (C=O) groups excluding carboxylic acids is 1. The number of hydrogen-bond acceptors (Lipinski definition) is 5. The van der Waals surface area contributed by atoms with Crippen LogP contribution in [0.1, 0.15) is 17.7 Å². The zero-order chi connectivity index (χ0) is 22.9. The molecule has 0 bridgehead atoms. The van der Waals surface area contributed by atoms with Gasteiger partial charge in [-0.1, -0.05) is 6.07 Å². The fourth-order valence-electron chi connectivity index (χ4n) is 3.77. The van der Waals surface area contributed by atoms with Gasteiger partial charge in [-0.3, -0.25) is 4.90 Å². The average molecular weight is 459 g/mol. The van der Waals surface area contributed by atoms with Crippen LogP contribution < -0.4 is 15.0 Å². The molecule has 0 aliphatic carbocycles. The van der Waals surface area contributed by atoms with Gasteiger partial charge in [0.05, 0.1) is 30.4 Å². The monoisotopic (exact) mass is 458 g/mol. The molecule has 32 heavy (non-hydrogen) atoms. The van der Waals surface area contributed by atoms with E-state index in [-0.39, 0.29) is 29.0 Å². The Balaban J connectivity index is 1.51. The maximum atomic E-state index is 13.3. The lowest BCUT2D eigenvalue weighted by Crippen LogP contribution is -2.42. The summed E-state index contributed by atoms with van der Waals surface area (Å²) in [6.45, 7) is 0.751. The predicted molar refractivity (Wildman–Crippen MR) is 118 cm³/mol. The number of ether oxygens (including phenoxy) is 1. The van der Waals surface area contributed by atoms with Gasteiger partial charge < -0.3 is 10.1 Å². The molecule has 0 unspecified atom stereocenters. The Labute approximate surface area is 185 Å². The van der Waals surface area contributed by atoms with Crippen molar-refractivity contribution in [1.29, 1.82) is 0 Å². The summed E-state index contributed by atoms with van der Waals surface area (Å²) < 4.78 is 43.9. The molecule has 1 aliphatic heterocycles. The van der Waals surface area contributed by atoms with E-state index in [2.05, 4.69) is 10.4 Å². The van der Waals surface area contributed by atoms with Crippen LogP contribution in [0.4, 0.5) is 14.9 Å². The summed E-state index contributed by atoms with van der Waals surface area (Å²) in [5.41, 5.74) is 3.04. The number of sulfone groups is 1. The van der Waals surface area contributed by atoms with Crippen LogP contribution in [-0.4, -0.2) is 44.1 Å². The summed E-state index contributed by atoms with van der Waals surface area (Å²) in [5.74, 6) is -0.0861. The molecule has 0 saturated carbocycles. The van der Waals surface area contributed by atoms with Crippen LogP contribution in [0.2, 0.25) is 0 Å². The van der Waals surface area contributed by atoms with E-state index in [0.717, 1.165) is 30.5 Å². The van der Waals surface area contributed by atoms with Crippen molar-refractivity contribution in [3.63, 3.8) is 0 Å². The molecule has 0 spiro atoms. The van der Waals surface area contributed by atoms with Gasteiger partial charge in [-0.25, -0.2) is 22.3 Å². The molecule has 0 radical (unpaired) electrons. The average Bonchev–Trinajstić information content (AvgIpc) is 3.21. The van der Waals surface area contributed by atoms with E-state index in [1.54, 1.807) is 40.0 Å². The van der Waals surface area contributed by atoms with Crippen molar-refractivity contribution in [1.82, 2.24) is 15.1 Å². The maximum absolute atomic E-state index is 13.3. The zero-order valence-electron chi connectivity index (χ0n) is 17.7. The molecule has 3 aromatic rings. The molecule has 168 valence electrons. The minimum absolute atomic E-state index is 0.101. The van der Waals surface area contributed by atoms with Crippen molar-refractivity contribution < 1.29 is 22.3 Å². The third-order valence-corrected chi connectivity index (χ3v) is 6.46. The van der Waals surface area contributed by atoms with Gasteiger partial charge >= 0.3 is 6.03 Å². The van der Waals surface area contributed by atoms with E-state index in [4.69, 9.17) is 4.74 Å². The minimum atomic E-state index is -3.42. The molecule has 1 aromatic heterocycles. The molecule has 1 aliphatic rings. The number of nitrogens with one attached hydrogen (secondary N) is 1. The van der Waals surface area contributed by atoms with Crippen molar-refractivity contribution in [3.8, 4) is 11.4 Å². The Morgan fingerprint density at radius 1 is 1.22 bits per heavy atom. The summed E-state index contributed by atoms with van der Waals surface area (Å²) >= 11 is 0. The predicted octanol–water partition coefficient (Wildman–Crippen LogP) is 3.09. The molecule has 1 N–H and O–H groups in total. The first-order valence-electron chi connectivity index (χ1n) is 10.0. The molecular formula is C22H23FN4O4S. The molecule has 0 atom stereocenters. The van der Waals surface area contributed by atoms with E-state index < -0.39 is 9.84 Å². The van der Waals surface area contributed by atoms with Crippen LogP contribution in [0.5, 0.6) is 5.75 Å². The SMILES string of the molecule is COc1cc(CNC(=O)N2CCCc3c2cnn3-c2ccc(F)cc2)ccc1S(C)(=O)=O. The molecule has 0 saturated heterocycles. The second-order valence-electron chi connectivity index (χ2n) is 7.54. The van der Waals surface area contributed by atoms with Crippen LogP contribution >= 0.6 is 0 Å². The van der Waals surface area contributed by atoms with Gasteiger partial charge in [-0.05, 0) is 54.8 Å². The number of anilines is 1. The number of fused-ring (bicyclic) bond motifs is 1. The van der Waals surface area contributed by atoms with Gasteiger partial charge in [0.2, 0.25) is 0 Å². The largest absolute Gasteiger partial charge is 0.495 e. The summed E-state index contributed by atoms with van der Waals surface area (Å²) in [5, 5.41) is 7.27. The number of nitrogens with zero attached hydrogens (tertiary/aromatic N) is 3. The number of hydrogen-bond donors (Lipinski definition) is 1. The molecular weight excluding hydrogens is 435 g/mol. The van der Waals surface area contributed by atoms with Gasteiger partial charge in [0.1, 0.15) is 16.5 Å². The number of aromatic nitrogens is 2. The van der Waals surface area contributed by atoms with Crippen LogP contribution in [0.3, 0.4) is 0 Å². The van der Waals surface area contributed by atoms with E-state index >= 15 is 0 Å². The Bertz CT molecular complexity index is 1260. The Morgan fingerprint density at radius 2 is 1.97 bits per heavy atom. The lowest BCUT2D eigenvalue weighted by molar-refractivity contribution is 0.245. The van der Waals surface area contributed by atoms with Crippen LogP contribution in [0, 0.1) is 5.82 Å². The number of methoxy groups -OCH3 is 1. The molecule has 8 nitrogen and oxygen atoms in total. The van der Waals surface area contributed by atoms with Crippen LogP contribution in [-0.2, 0) is 22.8 Å². The second-order valence-corrected chi connectivity index (χ2v) is 9.52. The molecule has 4 rings (SSSR count). The third kappa shape index (κ3) is 4.31. The highest BCUT2D eigenvalue weighted by Crippen LogP contribution is 2.29. The summed E-state index contributed by atoms with van der Waals surface area (Å²) in [4.78, 5) is 14.6. The number of rotatable bonds is 5. The lowest BCUT2D eigenvalue weighted by atomic mass is 10.1. The van der Waals surface area contributed by atoms with Crippen molar-refractivity contribution in [2.75, 3.05) is 24.8 Å². The first kappa shape index (κ1) is 21.8. The lowest BCUT2D eigenvalue weighted by Gasteiger charge is -2.27. The highest BCUT2D eigenvalue weighted by atomic mass is 32.2. The van der Waals surface area contributed by atoms with Gasteiger partial charge in [0, 0.05) is 19.3 Å². The van der Waals surface area contributed by atoms with E-state index in [1.807, 2.05) is 0 Å². The summed E-state index contributed by atoms with van der Waals surface area (Å²) in [6.07, 6.45) is 4.28. The van der Waals surface area contributed by atoms with Gasteiger partial charge in [0.15, 0.2) is 9.84 Å². The number of urea groups is 1. The first-order valence-corrected chi connectivity index (χ1v) is 11.9. The van der Waals surface area contributed by atoms with Gasteiger partial charge in [-0.15, -0.1) is 0 Å². The van der Waals surface area contributed by atoms with E-state index in [1.165, 1.54) is 25.3 Å². The maximum Gasteiger partial charge on any atom is 0.322 e. The highest BCUT2D eigenvalue weighted by molar-refractivity contribution is 7.90. The van der Waals surface area contributed by atoms with Crippen molar-refractivity contribution in [3.05, 3.63) is 65.7 Å². The van der Waals surface area contributed by atoms with Gasteiger partial charge in [-0.2, -0.15) is 5.10 Å². The standard InChI is InChI=1S/C22H23FN4O4S/c1-31-20-12-15(5-10-21(20)32(2,29)30)13-24-22(28)26-11-3-4-18-19(26)14-25-27(18)17-8-6-16(23)7-9-17/h5-10,12,14H,3-4,11,13H2,1-2H3,(H,24,28). The van der Waals surface area contributed by atoms with Crippen LogP contribution in [0.15, 0.2) is 53.6 Å². The second kappa shape index (κ2) is 8.62. The Hall–Kier alpha value is -3.40. The smallest absolute Gasteiger partial charge is 0.322 e. The van der Waals surface area contributed by atoms with E-state index in [9.17, 15) is 17.6 Å². The first-order chi connectivity index (χ1) is 15.3. The molecule has 2 amide bonds. The Morgan fingerprint density at radius 3 is 2.66 bits per heavy atom. The topological polar surface area (TPSA) is 93.5 Å². The van der Waals surface area contributed by atoms with Gasteiger partial charge in [0.25, 0.3) is 0 Å². The number of carbonyl (C=O) groups is 1. The minimum Gasteiger partial charge on any atom is -0.495 e. The molecule has 10 heteroatoms. The summed E-state index contributed by atoms with van der Waals surface area (Å²) in [7, 11) is -2.01. The fourth-order valence-corrected chi connectivity index (χ4v) is 4.59. The third-order valence-electron chi connectivity index (χ3n) is 5.32. The van der Waals surface area contributed by atoms with Crippen molar-refractivity contribution >= 4 is 21.6 Å². The number of benzene rings is 2. The summed E-state index contributed by atoms with van der Waals surface area (Å²) in [6, 6.07) is 10.5.